The van der Waals surface area contributed by atoms with Gasteiger partial charge in [0.05, 0.1) is 10.5 Å². The zero-order valence-corrected chi connectivity index (χ0v) is 12.3. The molecule has 1 heterocycles. The van der Waals surface area contributed by atoms with Crippen molar-refractivity contribution in [2.45, 2.75) is 30.0 Å². The molecule has 1 aliphatic rings. The number of hydrogen-bond acceptors (Lipinski definition) is 3. The van der Waals surface area contributed by atoms with Gasteiger partial charge in [-0.25, -0.2) is 8.42 Å². The Kier molecular flexibility index (Phi) is 4.60. The van der Waals surface area contributed by atoms with E-state index in [0.717, 1.165) is 37.1 Å². The van der Waals surface area contributed by atoms with Gasteiger partial charge in [0.25, 0.3) is 0 Å². The Morgan fingerprint density at radius 3 is 2.43 bits per heavy atom. The quantitative estimate of drug-likeness (QED) is 0.923. The molecule has 0 spiro atoms. The SMILES string of the molecule is CNCC1CCCN1S(=O)(=O)c1ccc(C(F)(F)F)cc1. The van der Waals surface area contributed by atoms with Gasteiger partial charge in [0.2, 0.25) is 10.0 Å². The standard InChI is InChI=1S/C13H17F3N2O2S/c1-17-9-11-3-2-8-18(11)21(19,20)12-6-4-10(5-7-12)13(14,15)16/h4-7,11,17H,2-3,8-9H2,1H3. The summed E-state index contributed by atoms with van der Waals surface area (Å²) >= 11 is 0. The second-order valence-corrected chi connectivity index (χ2v) is 6.88. The molecular weight excluding hydrogens is 305 g/mol. The first kappa shape index (κ1) is 16.3. The van der Waals surface area contributed by atoms with Gasteiger partial charge in [-0.15, -0.1) is 0 Å². The third-order valence-electron chi connectivity index (χ3n) is 3.55. The first-order valence-electron chi connectivity index (χ1n) is 6.60. The van der Waals surface area contributed by atoms with Crippen molar-refractivity contribution in [1.82, 2.24) is 9.62 Å². The van der Waals surface area contributed by atoms with Gasteiger partial charge in [-0.1, -0.05) is 0 Å². The number of alkyl halides is 3. The number of hydrogen-bond donors (Lipinski definition) is 1. The average Bonchev–Trinajstić information content (AvgIpc) is 2.87. The molecule has 0 saturated carbocycles. The maximum Gasteiger partial charge on any atom is 0.416 e. The van der Waals surface area contributed by atoms with E-state index in [0.29, 0.717) is 13.1 Å². The van der Waals surface area contributed by atoms with Crippen LogP contribution < -0.4 is 5.32 Å². The summed E-state index contributed by atoms with van der Waals surface area (Å²) in [5.74, 6) is 0. The Hall–Kier alpha value is -1.12. The maximum absolute atomic E-state index is 12.5. The third kappa shape index (κ3) is 3.38. The number of benzene rings is 1. The van der Waals surface area contributed by atoms with Crippen LogP contribution in [0.25, 0.3) is 0 Å². The van der Waals surface area contributed by atoms with Crippen molar-refractivity contribution >= 4 is 10.0 Å². The lowest BCUT2D eigenvalue weighted by Crippen LogP contribution is -2.40. The molecular formula is C13H17F3N2O2S. The molecule has 118 valence electrons. The number of rotatable bonds is 4. The van der Waals surface area contributed by atoms with Gasteiger partial charge in [0.15, 0.2) is 0 Å². The molecule has 1 atom stereocenters. The van der Waals surface area contributed by atoms with E-state index in [1.54, 1.807) is 7.05 Å². The Labute approximate surface area is 122 Å². The van der Waals surface area contributed by atoms with E-state index in [-0.39, 0.29) is 10.9 Å². The Morgan fingerprint density at radius 2 is 1.90 bits per heavy atom. The number of nitrogens with zero attached hydrogens (tertiary/aromatic N) is 1. The average molecular weight is 322 g/mol. The number of likely N-dealkylation sites (N-methyl/N-ethyl adjacent to an activating group) is 1. The van der Waals surface area contributed by atoms with E-state index in [9.17, 15) is 21.6 Å². The molecule has 1 aromatic carbocycles. The molecule has 2 rings (SSSR count). The van der Waals surface area contributed by atoms with Gasteiger partial charge in [-0.05, 0) is 44.2 Å². The van der Waals surface area contributed by atoms with Gasteiger partial charge < -0.3 is 5.32 Å². The highest BCUT2D eigenvalue weighted by Gasteiger charge is 2.36. The lowest BCUT2D eigenvalue weighted by atomic mass is 10.2. The molecule has 1 aromatic rings. The summed E-state index contributed by atoms with van der Waals surface area (Å²) in [6.07, 6.45) is -2.96. The zero-order chi connectivity index (χ0) is 15.7. The van der Waals surface area contributed by atoms with Crippen molar-refractivity contribution in [3.05, 3.63) is 29.8 Å². The fraction of sp³-hybridized carbons (Fsp3) is 0.538. The summed E-state index contributed by atoms with van der Waals surface area (Å²) in [5.41, 5.74) is -0.852. The van der Waals surface area contributed by atoms with Crippen LogP contribution in [-0.2, 0) is 16.2 Å². The molecule has 1 unspecified atom stereocenters. The molecule has 1 fully saturated rings. The van der Waals surface area contributed by atoms with E-state index in [4.69, 9.17) is 0 Å². The number of sulfonamides is 1. The van der Waals surface area contributed by atoms with Gasteiger partial charge in [-0.2, -0.15) is 17.5 Å². The molecule has 0 radical (unpaired) electrons. The molecule has 0 amide bonds. The highest BCUT2D eigenvalue weighted by atomic mass is 32.2. The van der Waals surface area contributed by atoms with Gasteiger partial charge in [-0.3, -0.25) is 0 Å². The van der Waals surface area contributed by atoms with Crippen molar-refractivity contribution in [1.29, 1.82) is 0 Å². The van der Waals surface area contributed by atoms with Crippen LogP contribution in [-0.4, -0.2) is 38.9 Å². The van der Waals surface area contributed by atoms with Crippen LogP contribution >= 0.6 is 0 Å². The van der Waals surface area contributed by atoms with Crippen LogP contribution in [0, 0.1) is 0 Å². The molecule has 4 nitrogen and oxygen atoms in total. The van der Waals surface area contributed by atoms with Crippen LogP contribution in [0.15, 0.2) is 29.2 Å². The predicted molar refractivity (Wildman–Crippen MR) is 72.3 cm³/mol. The van der Waals surface area contributed by atoms with Crippen molar-refractivity contribution in [3.8, 4) is 0 Å². The highest BCUT2D eigenvalue weighted by Crippen LogP contribution is 2.31. The van der Waals surface area contributed by atoms with Crippen LogP contribution in [0.1, 0.15) is 18.4 Å². The normalized spacial score (nSPS) is 20.9. The summed E-state index contributed by atoms with van der Waals surface area (Å²) < 4.78 is 63.9. The molecule has 1 aliphatic heterocycles. The predicted octanol–water partition coefficient (Wildman–Crippen LogP) is 2.08. The minimum absolute atomic E-state index is 0.0986. The van der Waals surface area contributed by atoms with Gasteiger partial charge in [0.1, 0.15) is 0 Å². The van der Waals surface area contributed by atoms with Crippen molar-refractivity contribution in [2.24, 2.45) is 0 Å². The highest BCUT2D eigenvalue weighted by molar-refractivity contribution is 7.89. The van der Waals surface area contributed by atoms with Crippen molar-refractivity contribution in [3.63, 3.8) is 0 Å². The summed E-state index contributed by atoms with van der Waals surface area (Å²) in [7, 11) is -2.01. The largest absolute Gasteiger partial charge is 0.416 e. The maximum atomic E-state index is 12.5. The summed E-state index contributed by atoms with van der Waals surface area (Å²) in [4.78, 5) is -0.0986. The van der Waals surface area contributed by atoms with Crippen LogP contribution in [0.2, 0.25) is 0 Å². The first-order valence-corrected chi connectivity index (χ1v) is 8.04. The van der Waals surface area contributed by atoms with E-state index >= 15 is 0 Å². The lowest BCUT2D eigenvalue weighted by Gasteiger charge is -2.24. The fourth-order valence-electron chi connectivity index (χ4n) is 2.52. The molecule has 0 bridgehead atoms. The summed E-state index contributed by atoms with van der Waals surface area (Å²) in [5, 5.41) is 2.94. The van der Waals surface area contributed by atoms with Crippen LogP contribution in [0.4, 0.5) is 13.2 Å². The second kappa shape index (κ2) is 5.94. The van der Waals surface area contributed by atoms with Crippen molar-refractivity contribution in [2.75, 3.05) is 20.1 Å². The van der Waals surface area contributed by atoms with E-state index in [1.165, 1.54) is 4.31 Å². The monoisotopic (exact) mass is 322 g/mol. The molecule has 21 heavy (non-hydrogen) atoms. The summed E-state index contributed by atoms with van der Waals surface area (Å²) in [6, 6.07) is 3.49. The number of halogens is 3. The minimum atomic E-state index is -4.47. The van der Waals surface area contributed by atoms with E-state index in [1.807, 2.05) is 0 Å². The van der Waals surface area contributed by atoms with E-state index in [2.05, 4.69) is 5.32 Å². The lowest BCUT2D eigenvalue weighted by molar-refractivity contribution is -0.137. The van der Waals surface area contributed by atoms with Gasteiger partial charge in [0, 0.05) is 19.1 Å². The van der Waals surface area contributed by atoms with Crippen molar-refractivity contribution < 1.29 is 21.6 Å². The molecule has 8 heteroatoms. The van der Waals surface area contributed by atoms with E-state index < -0.39 is 21.8 Å². The minimum Gasteiger partial charge on any atom is -0.318 e. The molecule has 1 saturated heterocycles. The van der Waals surface area contributed by atoms with Crippen LogP contribution in [0.5, 0.6) is 0 Å². The Morgan fingerprint density at radius 1 is 1.29 bits per heavy atom. The summed E-state index contributed by atoms with van der Waals surface area (Å²) in [6.45, 7) is 0.926. The Balaban J connectivity index is 2.27. The van der Waals surface area contributed by atoms with Crippen LogP contribution in [0.3, 0.4) is 0 Å². The zero-order valence-electron chi connectivity index (χ0n) is 11.5. The molecule has 0 aromatic heterocycles. The number of nitrogens with one attached hydrogen (secondary N) is 1. The molecule has 1 N–H and O–H groups in total. The fourth-order valence-corrected chi connectivity index (χ4v) is 4.21. The second-order valence-electron chi connectivity index (χ2n) is 4.99. The topological polar surface area (TPSA) is 49.4 Å². The smallest absolute Gasteiger partial charge is 0.318 e. The third-order valence-corrected chi connectivity index (χ3v) is 5.52. The first-order chi connectivity index (χ1) is 9.76. The van der Waals surface area contributed by atoms with Gasteiger partial charge >= 0.3 is 6.18 Å². The molecule has 0 aliphatic carbocycles. The Bertz CT molecular complexity index is 584.